The maximum atomic E-state index is 3.72. The second kappa shape index (κ2) is 4.63. The van der Waals surface area contributed by atoms with E-state index in [1.165, 1.54) is 64.6 Å². The Labute approximate surface area is 88.1 Å². The third-order valence-corrected chi connectivity index (χ3v) is 3.90. The summed E-state index contributed by atoms with van der Waals surface area (Å²) in [6, 6.07) is 0. The number of nitrogens with one attached hydrogen (secondary N) is 1. The molecule has 0 aliphatic carbocycles. The Morgan fingerprint density at radius 3 is 2.21 bits per heavy atom. The molecule has 1 unspecified atom stereocenters. The van der Waals surface area contributed by atoms with E-state index in [0.29, 0.717) is 5.66 Å². The highest BCUT2D eigenvalue weighted by atomic mass is 15.3. The van der Waals surface area contributed by atoms with Crippen LogP contribution in [-0.4, -0.2) is 30.2 Å². The molecule has 2 rings (SSSR count). The molecule has 0 spiro atoms. The molecule has 1 atom stereocenters. The van der Waals surface area contributed by atoms with Crippen LogP contribution in [0.1, 0.15) is 51.9 Å². The molecule has 0 amide bonds. The molecule has 2 aliphatic rings. The Kier molecular flexibility index (Phi) is 3.45. The van der Waals surface area contributed by atoms with E-state index in [0.717, 1.165) is 0 Å². The maximum absolute atomic E-state index is 3.72. The van der Waals surface area contributed by atoms with Crippen LogP contribution in [-0.2, 0) is 0 Å². The number of hydrogen-bond acceptors (Lipinski definition) is 2. The third-order valence-electron chi connectivity index (χ3n) is 3.90. The second-order valence-corrected chi connectivity index (χ2v) is 5.06. The van der Waals surface area contributed by atoms with E-state index in [1.54, 1.807) is 0 Å². The van der Waals surface area contributed by atoms with Crippen LogP contribution in [0, 0.1) is 0 Å². The molecule has 2 saturated heterocycles. The molecule has 0 bridgehead atoms. The molecule has 0 aromatic carbocycles. The summed E-state index contributed by atoms with van der Waals surface area (Å²) in [6.07, 6.45) is 9.78. The first kappa shape index (κ1) is 10.4. The van der Waals surface area contributed by atoms with Crippen molar-refractivity contribution in [1.29, 1.82) is 0 Å². The SMILES string of the molecule is CC1(N2CCCCCC2)CCCCN1. The minimum atomic E-state index is 0.322. The summed E-state index contributed by atoms with van der Waals surface area (Å²) in [4.78, 5) is 2.69. The van der Waals surface area contributed by atoms with Gasteiger partial charge in [-0.25, -0.2) is 0 Å². The summed E-state index contributed by atoms with van der Waals surface area (Å²) in [6.45, 7) is 6.23. The smallest absolute Gasteiger partial charge is 0.0683 e. The van der Waals surface area contributed by atoms with Gasteiger partial charge in [-0.2, -0.15) is 0 Å². The van der Waals surface area contributed by atoms with Gasteiger partial charge in [-0.1, -0.05) is 12.8 Å². The number of hydrogen-bond donors (Lipinski definition) is 1. The van der Waals surface area contributed by atoms with Crippen molar-refractivity contribution in [1.82, 2.24) is 10.2 Å². The topological polar surface area (TPSA) is 15.3 Å². The lowest BCUT2D eigenvalue weighted by Gasteiger charge is -2.44. The van der Waals surface area contributed by atoms with Crippen LogP contribution in [0.4, 0.5) is 0 Å². The number of likely N-dealkylation sites (tertiary alicyclic amines) is 1. The lowest BCUT2D eigenvalue weighted by Crippen LogP contribution is -2.59. The van der Waals surface area contributed by atoms with E-state index in [-0.39, 0.29) is 0 Å². The molecular weight excluding hydrogens is 172 g/mol. The lowest BCUT2D eigenvalue weighted by molar-refractivity contribution is 0.0483. The van der Waals surface area contributed by atoms with Gasteiger partial charge >= 0.3 is 0 Å². The van der Waals surface area contributed by atoms with Crippen LogP contribution in [0.25, 0.3) is 0 Å². The van der Waals surface area contributed by atoms with Gasteiger partial charge in [0.1, 0.15) is 0 Å². The van der Waals surface area contributed by atoms with Crippen molar-refractivity contribution < 1.29 is 0 Å². The fourth-order valence-electron chi connectivity index (χ4n) is 2.87. The third kappa shape index (κ3) is 2.29. The van der Waals surface area contributed by atoms with E-state index < -0.39 is 0 Å². The Morgan fingerprint density at radius 2 is 1.64 bits per heavy atom. The first-order valence-corrected chi connectivity index (χ1v) is 6.31. The number of piperidine rings is 1. The van der Waals surface area contributed by atoms with Crippen LogP contribution in [0.5, 0.6) is 0 Å². The van der Waals surface area contributed by atoms with Gasteiger partial charge in [0.2, 0.25) is 0 Å². The molecule has 1 N–H and O–H groups in total. The molecule has 2 fully saturated rings. The number of rotatable bonds is 1. The van der Waals surface area contributed by atoms with Crippen molar-refractivity contribution in [2.45, 2.75) is 57.5 Å². The fourth-order valence-corrected chi connectivity index (χ4v) is 2.87. The molecule has 0 saturated carbocycles. The van der Waals surface area contributed by atoms with Crippen LogP contribution >= 0.6 is 0 Å². The quantitative estimate of drug-likeness (QED) is 0.692. The van der Waals surface area contributed by atoms with Gasteiger partial charge < -0.3 is 0 Å². The monoisotopic (exact) mass is 196 g/mol. The highest BCUT2D eigenvalue weighted by Crippen LogP contribution is 2.25. The summed E-state index contributed by atoms with van der Waals surface area (Å²) in [5, 5.41) is 3.72. The Morgan fingerprint density at radius 1 is 0.929 bits per heavy atom. The summed E-state index contributed by atoms with van der Waals surface area (Å²) < 4.78 is 0. The van der Waals surface area contributed by atoms with E-state index in [2.05, 4.69) is 17.1 Å². The summed E-state index contributed by atoms with van der Waals surface area (Å²) in [7, 11) is 0. The van der Waals surface area contributed by atoms with Crippen molar-refractivity contribution in [3.63, 3.8) is 0 Å². The number of nitrogens with zero attached hydrogens (tertiary/aromatic N) is 1. The van der Waals surface area contributed by atoms with Gasteiger partial charge in [-0.05, 0) is 58.7 Å². The highest BCUT2D eigenvalue weighted by molar-refractivity contribution is 4.87. The van der Waals surface area contributed by atoms with Crippen LogP contribution in [0.2, 0.25) is 0 Å². The van der Waals surface area contributed by atoms with E-state index >= 15 is 0 Å². The van der Waals surface area contributed by atoms with E-state index in [1.807, 2.05) is 0 Å². The van der Waals surface area contributed by atoms with Gasteiger partial charge in [0.05, 0.1) is 5.66 Å². The predicted molar refractivity (Wildman–Crippen MR) is 60.3 cm³/mol. The van der Waals surface area contributed by atoms with Gasteiger partial charge in [-0.15, -0.1) is 0 Å². The molecule has 2 aliphatic heterocycles. The van der Waals surface area contributed by atoms with E-state index in [4.69, 9.17) is 0 Å². The van der Waals surface area contributed by atoms with Crippen molar-refractivity contribution >= 4 is 0 Å². The molecule has 82 valence electrons. The van der Waals surface area contributed by atoms with Crippen molar-refractivity contribution in [3.05, 3.63) is 0 Å². The average molecular weight is 196 g/mol. The van der Waals surface area contributed by atoms with Crippen LogP contribution in [0.3, 0.4) is 0 Å². The molecule has 14 heavy (non-hydrogen) atoms. The fraction of sp³-hybridized carbons (Fsp3) is 1.00. The Hall–Kier alpha value is -0.0800. The van der Waals surface area contributed by atoms with Gasteiger partial charge in [-0.3, -0.25) is 10.2 Å². The molecule has 2 nitrogen and oxygen atoms in total. The minimum absolute atomic E-state index is 0.322. The molecular formula is C12H24N2. The zero-order valence-electron chi connectivity index (χ0n) is 9.52. The molecule has 2 heteroatoms. The van der Waals surface area contributed by atoms with Crippen molar-refractivity contribution in [2.24, 2.45) is 0 Å². The Balaban J connectivity index is 1.95. The van der Waals surface area contributed by atoms with Gasteiger partial charge in [0.15, 0.2) is 0 Å². The summed E-state index contributed by atoms with van der Waals surface area (Å²) in [5.74, 6) is 0. The van der Waals surface area contributed by atoms with Crippen molar-refractivity contribution in [2.75, 3.05) is 19.6 Å². The zero-order valence-corrected chi connectivity index (χ0v) is 9.52. The first-order valence-electron chi connectivity index (χ1n) is 6.31. The normalized spacial score (nSPS) is 36.6. The van der Waals surface area contributed by atoms with Crippen LogP contribution < -0.4 is 5.32 Å². The maximum Gasteiger partial charge on any atom is 0.0683 e. The summed E-state index contributed by atoms with van der Waals surface area (Å²) >= 11 is 0. The Bertz CT molecular complexity index is 165. The van der Waals surface area contributed by atoms with Gasteiger partial charge in [0.25, 0.3) is 0 Å². The first-order chi connectivity index (χ1) is 6.81. The second-order valence-electron chi connectivity index (χ2n) is 5.06. The summed E-state index contributed by atoms with van der Waals surface area (Å²) in [5.41, 5.74) is 0.322. The van der Waals surface area contributed by atoms with Crippen molar-refractivity contribution in [3.8, 4) is 0 Å². The molecule has 0 aromatic rings. The molecule has 0 radical (unpaired) electrons. The van der Waals surface area contributed by atoms with Crippen LogP contribution in [0.15, 0.2) is 0 Å². The standard InChI is InChI=1S/C12H24N2/c1-12(8-4-5-9-13-12)14-10-6-2-3-7-11-14/h13H,2-11H2,1H3. The molecule has 2 heterocycles. The lowest BCUT2D eigenvalue weighted by atomic mass is 9.97. The minimum Gasteiger partial charge on any atom is -0.299 e. The molecule has 0 aromatic heterocycles. The average Bonchev–Trinajstić information content (AvgIpc) is 2.47. The highest BCUT2D eigenvalue weighted by Gasteiger charge is 2.32. The van der Waals surface area contributed by atoms with Gasteiger partial charge in [0, 0.05) is 0 Å². The largest absolute Gasteiger partial charge is 0.299 e. The predicted octanol–water partition coefficient (Wildman–Crippen LogP) is 2.35. The van der Waals surface area contributed by atoms with E-state index in [9.17, 15) is 0 Å². The zero-order chi connectivity index (χ0) is 9.86.